The van der Waals surface area contributed by atoms with Gasteiger partial charge in [-0.2, -0.15) is 0 Å². The van der Waals surface area contributed by atoms with Crippen molar-refractivity contribution in [3.63, 3.8) is 0 Å². The topological polar surface area (TPSA) is 74.6 Å². The highest BCUT2D eigenvalue weighted by Gasteiger charge is 2.23. The van der Waals surface area contributed by atoms with Crippen molar-refractivity contribution in [2.45, 2.75) is 45.2 Å². The predicted octanol–water partition coefficient (Wildman–Crippen LogP) is 3.84. The van der Waals surface area contributed by atoms with E-state index in [1.807, 2.05) is 44.2 Å². The van der Waals surface area contributed by atoms with Crippen LogP contribution in [0.5, 0.6) is 0 Å². The molecule has 0 aliphatic rings. The third kappa shape index (κ3) is 7.25. The lowest BCUT2D eigenvalue weighted by Crippen LogP contribution is -2.46. The Morgan fingerprint density at radius 1 is 1.03 bits per heavy atom. The van der Waals surface area contributed by atoms with Gasteiger partial charge in [0, 0.05) is 5.75 Å². The first-order valence-corrected chi connectivity index (χ1v) is 11.1. The van der Waals surface area contributed by atoms with E-state index in [4.69, 9.17) is 4.42 Å². The molecule has 2 rings (SSSR count). The van der Waals surface area contributed by atoms with Crippen LogP contribution in [0, 0.1) is 5.92 Å². The van der Waals surface area contributed by atoms with E-state index in [-0.39, 0.29) is 22.8 Å². The molecule has 0 fully saturated rings. The monoisotopic (exact) mass is 417 g/mol. The molecule has 0 aliphatic heterocycles. The molecule has 158 valence electrons. The molecule has 1 unspecified atom stereocenters. The molecule has 7 heteroatoms. The van der Waals surface area contributed by atoms with Gasteiger partial charge in [0.2, 0.25) is 0 Å². The van der Waals surface area contributed by atoms with Gasteiger partial charge in [-0.25, -0.2) is 0 Å². The van der Waals surface area contributed by atoms with Crippen LogP contribution < -0.4 is 10.9 Å². The average molecular weight is 418 g/mol. The second-order valence-corrected chi connectivity index (χ2v) is 8.26. The number of nitrogens with one attached hydrogen (secondary N) is 2. The first-order valence-electron chi connectivity index (χ1n) is 10.0. The largest absolute Gasteiger partial charge is 0.454 e. The summed E-state index contributed by atoms with van der Waals surface area (Å²) in [6, 6.07) is 13.4. The molecular formula is C22H31N3O3S. The maximum absolute atomic E-state index is 12.6. The fraction of sp³-hybridized carbons (Fsp3) is 0.455. The summed E-state index contributed by atoms with van der Waals surface area (Å²) in [6.45, 7) is 10.6. The lowest BCUT2D eigenvalue weighted by atomic mass is 10.1. The van der Waals surface area contributed by atoms with Gasteiger partial charge in [0.25, 0.3) is 5.91 Å². The van der Waals surface area contributed by atoms with Crippen LogP contribution in [0.2, 0.25) is 0 Å². The first kappa shape index (κ1) is 23.0. The van der Waals surface area contributed by atoms with Crippen molar-refractivity contribution >= 4 is 23.6 Å². The fourth-order valence-electron chi connectivity index (χ4n) is 2.83. The molecule has 0 saturated heterocycles. The molecule has 0 saturated carbocycles. The Bertz CT molecular complexity index is 773. The Morgan fingerprint density at radius 2 is 1.72 bits per heavy atom. The molecule has 1 aromatic heterocycles. The number of thioether (sulfide) groups is 1. The summed E-state index contributed by atoms with van der Waals surface area (Å²) in [5.74, 6) is 1.10. The van der Waals surface area contributed by atoms with Gasteiger partial charge < -0.3 is 4.42 Å². The smallest absolute Gasteiger partial charge is 0.305 e. The van der Waals surface area contributed by atoms with Crippen molar-refractivity contribution in [2.24, 2.45) is 5.92 Å². The molecule has 0 bridgehead atoms. The number of hydrazine groups is 1. The van der Waals surface area contributed by atoms with Crippen LogP contribution in [0.3, 0.4) is 0 Å². The van der Waals surface area contributed by atoms with Crippen molar-refractivity contribution in [3.05, 3.63) is 59.5 Å². The molecular weight excluding hydrogens is 386 g/mol. The van der Waals surface area contributed by atoms with E-state index in [1.165, 1.54) is 0 Å². The van der Waals surface area contributed by atoms with E-state index in [9.17, 15) is 9.59 Å². The predicted molar refractivity (Wildman–Crippen MR) is 117 cm³/mol. The van der Waals surface area contributed by atoms with Gasteiger partial charge in [-0.1, -0.05) is 58.0 Å². The van der Waals surface area contributed by atoms with Crippen LogP contribution >= 0.6 is 11.8 Å². The van der Waals surface area contributed by atoms with E-state index in [2.05, 4.69) is 29.6 Å². The maximum atomic E-state index is 12.6. The van der Waals surface area contributed by atoms with Gasteiger partial charge in [0.1, 0.15) is 5.76 Å². The molecule has 29 heavy (non-hydrogen) atoms. The van der Waals surface area contributed by atoms with Crippen molar-refractivity contribution in [3.8, 4) is 0 Å². The van der Waals surface area contributed by atoms with Gasteiger partial charge in [-0.05, 0) is 36.7 Å². The number of hydrogen-bond donors (Lipinski definition) is 2. The van der Waals surface area contributed by atoms with E-state index in [0.717, 1.165) is 30.2 Å². The Labute approximate surface area is 177 Å². The van der Waals surface area contributed by atoms with Gasteiger partial charge in [0.15, 0.2) is 5.76 Å². The van der Waals surface area contributed by atoms with Crippen LogP contribution in [-0.2, 0) is 17.1 Å². The summed E-state index contributed by atoms with van der Waals surface area (Å²) in [5.41, 5.74) is 6.17. The standard InChI is InChI=1S/C22H31N3O3S/c1-5-25(6-2)14-18-12-13-19(28-18)21(26)23-24-22(27)20(16(3)4)29-15-17-10-8-7-9-11-17/h7-13,16,20H,5-6,14-15H2,1-4H3,(H,23,26)(H,24,27). The van der Waals surface area contributed by atoms with E-state index in [0.29, 0.717) is 6.54 Å². The van der Waals surface area contributed by atoms with Gasteiger partial charge in [-0.15, -0.1) is 11.8 Å². The van der Waals surface area contributed by atoms with Gasteiger partial charge in [-0.3, -0.25) is 25.3 Å². The highest BCUT2D eigenvalue weighted by molar-refractivity contribution is 7.99. The first-order chi connectivity index (χ1) is 13.9. The zero-order valence-electron chi connectivity index (χ0n) is 17.6. The Balaban J connectivity index is 1.87. The fourth-order valence-corrected chi connectivity index (χ4v) is 3.99. The van der Waals surface area contributed by atoms with Crippen molar-refractivity contribution in [2.75, 3.05) is 13.1 Å². The lowest BCUT2D eigenvalue weighted by molar-refractivity contribution is -0.122. The normalized spacial score (nSPS) is 12.2. The number of carbonyl (C=O) groups is 2. The molecule has 0 radical (unpaired) electrons. The van der Waals surface area contributed by atoms with E-state index >= 15 is 0 Å². The molecule has 0 aliphatic carbocycles. The number of carbonyl (C=O) groups excluding carboxylic acids is 2. The van der Waals surface area contributed by atoms with Crippen molar-refractivity contribution in [1.29, 1.82) is 0 Å². The number of benzene rings is 1. The van der Waals surface area contributed by atoms with Crippen LogP contribution in [0.4, 0.5) is 0 Å². The summed E-state index contributed by atoms with van der Waals surface area (Å²) in [7, 11) is 0. The summed E-state index contributed by atoms with van der Waals surface area (Å²) in [4.78, 5) is 27.1. The molecule has 0 spiro atoms. The third-order valence-electron chi connectivity index (χ3n) is 4.59. The molecule has 1 heterocycles. The lowest BCUT2D eigenvalue weighted by Gasteiger charge is -2.20. The number of amides is 2. The number of hydrogen-bond acceptors (Lipinski definition) is 5. The highest BCUT2D eigenvalue weighted by atomic mass is 32.2. The van der Waals surface area contributed by atoms with E-state index < -0.39 is 5.91 Å². The Kier molecular flexibility index (Phi) is 9.28. The number of rotatable bonds is 10. The van der Waals surface area contributed by atoms with Crippen molar-refractivity contribution < 1.29 is 14.0 Å². The van der Waals surface area contributed by atoms with Crippen LogP contribution in [0.15, 0.2) is 46.9 Å². The van der Waals surface area contributed by atoms with Crippen molar-refractivity contribution in [1.82, 2.24) is 15.8 Å². The SMILES string of the molecule is CCN(CC)Cc1ccc(C(=O)NNC(=O)C(SCc2ccccc2)C(C)C)o1. The van der Waals surface area contributed by atoms with E-state index in [1.54, 1.807) is 23.9 Å². The maximum Gasteiger partial charge on any atom is 0.305 e. The summed E-state index contributed by atoms with van der Waals surface area (Å²) in [6.07, 6.45) is 0. The molecule has 2 amide bonds. The van der Waals surface area contributed by atoms with Crippen LogP contribution in [-0.4, -0.2) is 35.1 Å². The second-order valence-electron chi connectivity index (χ2n) is 7.13. The molecule has 1 atom stereocenters. The number of nitrogens with zero attached hydrogens (tertiary/aromatic N) is 1. The average Bonchev–Trinajstić information content (AvgIpc) is 3.19. The Morgan fingerprint density at radius 3 is 2.34 bits per heavy atom. The van der Waals surface area contributed by atoms with Gasteiger partial charge >= 0.3 is 5.91 Å². The zero-order valence-corrected chi connectivity index (χ0v) is 18.4. The summed E-state index contributed by atoms with van der Waals surface area (Å²) in [5, 5.41) is -0.273. The summed E-state index contributed by atoms with van der Waals surface area (Å²) < 4.78 is 5.61. The minimum Gasteiger partial charge on any atom is -0.454 e. The summed E-state index contributed by atoms with van der Waals surface area (Å²) >= 11 is 1.56. The Hall–Kier alpha value is -2.25. The molecule has 1 aromatic carbocycles. The molecule has 2 N–H and O–H groups in total. The highest BCUT2D eigenvalue weighted by Crippen LogP contribution is 2.23. The number of furan rings is 1. The molecule has 6 nitrogen and oxygen atoms in total. The molecule has 2 aromatic rings. The quantitative estimate of drug-likeness (QED) is 0.575. The third-order valence-corrected chi connectivity index (χ3v) is 6.21. The minimum atomic E-state index is -0.459. The van der Waals surface area contributed by atoms with Crippen LogP contribution in [0.25, 0.3) is 0 Å². The van der Waals surface area contributed by atoms with Gasteiger partial charge in [0.05, 0.1) is 11.8 Å². The second kappa shape index (κ2) is 11.7. The minimum absolute atomic E-state index is 0.130. The zero-order chi connectivity index (χ0) is 21.2. The van der Waals surface area contributed by atoms with Crippen LogP contribution in [0.1, 0.15) is 49.6 Å².